The van der Waals surface area contributed by atoms with Crippen LogP contribution in [0.25, 0.3) is 6.08 Å². The summed E-state index contributed by atoms with van der Waals surface area (Å²) in [4.78, 5) is 92.5. The summed E-state index contributed by atoms with van der Waals surface area (Å²) in [6.45, 7) is 35.8. The van der Waals surface area contributed by atoms with Crippen LogP contribution in [-0.2, 0) is 108 Å². The van der Waals surface area contributed by atoms with Gasteiger partial charge in [0.1, 0.15) is 26.4 Å². The molecular formula is C99H180N8O13. The van der Waals surface area contributed by atoms with Crippen molar-refractivity contribution in [3.8, 4) is 0 Å². The van der Waals surface area contributed by atoms with Crippen LogP contribution in [0.1, 0.15) is 257 Å². The number of hydrogen-bond donors (Lipinski definition) is 1. The number of pyridine rings is 7. The third-order valence-electron chi connectivity index (χ3n) is 10.8. The van der Waals surface area contributed by atoms with Crippen molar-refractivity contribution in [2.75, 3.05) is 13.4 Å². The Kier molecular flexibility index (Phi) is 169. The molecule has 0 aliphatic carbocycles. The number of nitrogens with zero attached hydrogens (tertiary/aromatic N) is 7. The van der Waals surface area contributed by atoms with Crippen molar-refractivity contribution in [2.24, 2.45) is 0 Å². The minimum atomic E-state index is -0.443. The highest BCUT2D eigenvalue weighted by atomic mass is 16.7. The summed E-state index contributed by atoms with van der Waals surface area (Å²) >= 11 is 0. The SMILES string of the molecule is C.C.C.C.C.C.C.C.C.C.C.C.C.C.C.C.C.C.C.C.C.C.C.C.C=C(C)C(=O)OCOCc1cccnc1.C=C(C)C(=O)OCc1cccnc1.C=C(C)C(=O)OCc1cccnc1.C=C(C)C(=O)OCc1ccncc1.C=CC(=O)NCc1cccnc1.C=CC(=O)OCc1cccnc1.C=Cc1ccccc1.CCOCc1cccnc1. The lowest BCUT2D eigenvalue weighted by atomic mass is 10.2. The molecule has 0 aliphatic rings. The highest BCUT2D eigenvalue weighted by Gasteiger charge is 2.06. The fraction of sp³-hybridized carbons (Fsp3) is 0.384. The molecule has 1 amide bonds. The predicted molar refractivity (Wildman–Crippen MR) is 529 cm³/mol. The van der Waals surface area contributed by atoms with Gasteiger partial charge in [-0.05, 0) is 117 Å². The highest BCUT2D eigenvalue weighted by Crippen LogP contribution is 2.06. The van der Waals surface area contributed by atoms with Crippen LogP contribution in [0.5, 0.6) is 0 Å². The normalized spacial score (nSPS) is 7.41. The minimum absolute atomic E-state index is 0. The molecule has 0 saturated heterocycles. The Bertz CT molecular complexity index is 3330. The molecule has 694 valence electrons. The van der Waals surface area contributed by atoms with E-state index in [2.05, 4.69) is 86.3 Å². The van der Waals surface area contributed by atoms with Gasteiger partial charge in [-0.15, -0.1) is 0 Å². The lowest BCUT2D eigenvalue weighted by Gasteiger charge is -2.05. The first-order valence-corrected chi connectivity index (χ1v) is 29.4. The van der Waals surface area contributed by atoms with E-state index in [0.29, 0.717) is 42.1 Å². The molecule has 0 fully saturated rings. The average Bonchev–Trinajstić information content (AvgIpc) is 0.947. The van der Waals surface area contributed by atoms with Gasteiger partial charge in [-0.3, -0.25) is 39.7 Å². The molecule has 7 aromatic heterocycles. The van der Waals surface area contributed by atoms with E-state index in [9.17, 15) is 28.8 Å². The number of carbonyl (C=O) groups is 6. The van der Waals surface area contributed by atoms with Gasteiger partial charge in [-0.1, -0.05) is 297 Å². The summed E-state index contributed by atoms with van der Waals surface area (Å²) in [6, 6.07) is 35.9. The van der Waals surface area contributed by atoms with Gasteiger partial charge in [0.25, 0.3) is 0 Å². The number of amides is 1. The van der Waals surface area contributed by atoms with Gasteiger partial charge >= 0.3 is 29.8 Å². The van der Waals surface area contributed by atoms with Crippen molar-refractivity contribution in [3.63, 3.8) is 0 Å². The molecule has 0 unspecified atom stereocenters. The van der Waals surface area contributed by atoms with Gasteiger partial charge in [0.05, 0.1) is 13.2 Å². The number of esters is 5. The standard InChI is InChI=1S/C11H13NO3.3C10H11NO2.C9H10N2O.C9H9NO2.C8H11NO.C8H8.24CH4/c1-9(2)11(13)15-8-14-7-10-4-3-5-12-6-10;1-8(2)10(12)13-7-9-3-5-11-6-4-9;2*1-8(2)10(12)13-7-9-4-3-5-11-6-9;1-2-9(12)11-7-8-4-3-5-10-6-8;1-2-9(11)12-7-8-4-3-5-10-6-8;1-2-10-7-8-4-3-5-9-6-8;1-2-8-6-4-3-5-7-8;;;;;;;;;;;;;;;;;;;;;;;;/h3-6H,1,7-8H2,2H3;3*3-6H,1,7H2,2H3;2-6H,1,7H2,(H,11,12);2-6H,1,7H2;3-6H,2,7H2,1H3;2-7H,1H2;24*1H4. The molecule has 0 atom stereocenters. The number of hydrogen-bond acceptors (Lipinski definition) is 20. The Morgan fingerprint density at radius 1 is 0.308 bits per heavy atom. The molecule has 7 heterocycles. The molecule has 0 radical (unpaired) electrons. The Morgan fingerprint density at radius 3 is 0.842 bits per heavy atom. The van der Waals surface area contributed by atoms with Crippen LogP contribution in [0.15, 0.2) is 283 Å². The first-order valence-electron chi connectivity index (χ1n) is 29.4. The first kappa shape index (κ1) is 175. The van der Waals surface area contributed by atoms with Gasteiger partial charge in [-0.25, -0.2) is 24.0 Å². The van der Waals surface area contributed by atoms with Crippen molar-refractivity contribution in [3.05, 3.63) is 327 Å². The molecule has 0 saturated carbocycles. The maximum atomic E-state index is 11.0. The predicted octanol–water partition coefficient (Wildman–Crippen LogP) is 28.2. The largest absolute Gasteiger partial charge is 0.458 e. The molecular weight excluding hydrogens is 1510 g/mol. The Balaban J connectivity index is -0.0000000389. The molecule has 120 heavy (non-hydrogen) atoms. The van der Waals surface area contributed by atoms with E-state index in [4.69, 9.17) is 33.2 Å². The molecule has 0 aliphatic heterocycles. The number of rotatable bonds is 24. The van der Waals surface area contributed by atoms with Crippen molar-refractivity contribution in [1.29, 1.82) is 0 Å². The number of aromatic nitrogens is 7. The summed E-state index contributed by atoms with van der Waals surface area (Å²) in [6.07, 6.45) is 27.9. The second-order valence-electron chi connectivity index (χ2n) is 19.3. The fourth-order valence-electron chi connectivity index (χ4n) is 5.88. The second-order valence-corrected chi connectivity index (χ2v) is 19.3. The average molecular weight is 1690 g/mol. The van der Waals surface area contributed by atoms with Crippen LogP contribution in [0, 0.1) is 0 Å². The maximum absolute atomic E-state index is 11.0. The van der Waals surface area contributed by atoms with Gasteiger partial charge in [0.2, 0.25) is 5.91 Å². The Hall–Kier alpha value is -11.8. The molecule has 8 rings (SSSR count). The molecule has 1 aromatic carbocycles. The van der Waals surface area contributed by atoms with E-state index in [-0.39, 0.29) is 235 Å². The van der Waals surface area contributed by atoms with Crippen LogP contribution in [0.4, 0.5) is 0 Å². The Labute approximate surface area is 739 Å². The summed E-state index contributed by atoms with van der Waals surface area (Å²) in [5.74, 6) is -2.14. The van der Waals surface area contributed by atoms with Crippen LogP contribution in [-0.4, -0.2) is 84.0 Å². The zero-order chi connectivity index (χ0) is 70.8. The minimum Gasteiger partial charge on any atom is -0.458 e. The zero-order valence-electron chi connectivity index (χ0n) is 55.0. The highest BCUT2D eigenvalue weighted by molar-refractivity contribution is 5.88. The summed E-state index contributed by atoms with van der Waals surface area (Å²) in [5, 5.41) is 2.65. The van der Waals surface area contributed by atoms with E-state index in [1.54, 1.807) is 139 Å². The van der Waals surface area contributed by atoms with Crippen LogP contribution in [0.3, 0.4) is 0 Å². The van der Waals surface area contributed by atoms with Gasteiger partial charge in [0, 0.05) is 145 Å². The van der Waals surface area contributed by atoms with Crippen molar-refractivity contribution in [1.82, 2.24) is 40.2 Å². The number of carbonyl (C=O) groups excluding carboxylic acids is 6. The zero-order valence-corrected chi connectivity index (χ0v) is 55.0. The first-order chi connectivity index (χ1) is 46.3. The summed E-state index contributed by atoms with van der Waals surface area (Å²) < 4.78 is 34.6. The van der Waals surface area contributed by atoms with Crippen molar-refractivity contribution in [2.45, 2.75) is 259 Å². The van der Waals surface area contributed by atoms with E-state index >= 15 is 0 Å². The molecule has 1 N–H and O–H groups in total. The third kappa shape index (κ3) is 96.8. The van der Waals surface area contributed by atoms with Gasteiger partial charge in [-0.2, -0.15) is 0 Å². The monoisotopic (exact) mass is 1690 g/mol. The number of benzene rings is 1. The van der Waals surface area contributed by atoms with E-state index in [1.165, 1.54) is 11.6 Å². The smallest absolute Gasteiger partial charge is 0.335 e. The second kappa shape index (κ2) is 116. The lowest BCUT2D eigenvalue weighted by molar-refractivity contribution is -0.152. The van der Waals surface area contributed by atoms with Crippen LogP contribution < -0.4 is 5.32 Å². The van der Waals surface area contributed by atoms with E-state index in [0.717, 1.165) is 51.6 Å². The number of ether oxygens (including phenoxy) is 7. The van der Waals surface area contributed by atoms with Crippen molar-refractivity contribution >= 4 is 41.8 Å². The summed E-state index contributed by atoms with van der Waals surface area (Å²) in [7, 11) is 0. The molecule has 8 aromatic rings. The third-order valence-corrected chi connectivity index (χ3v) is 10.8. The van der Waals surface area contributed by atoms with E-state index in [1.807, 2.05) is 104 Å². The lowest BCUT2D eigenvalue weighted by Crippen LogP contribution is -2.19. The molecule has 0 spiro atoms. The summed E-state index contributed by atoms with van der Waals surface area (Å²) in [5.41, 5.74) is 9.33. The maximum Gasteiger partial charge on any atom is 0.335 e. The quantitative estimate of drug-likeness (QED) is 0.0194. The van der Waals surface area contributed by atoms with Crippen LogP contribution in [0.2, 0.25) is 0 Å². The van der Waals surface area contributed by atoms with Crippen molar-refractivity contribution < 1.29 is 61.9 Å². The molecule has 0 bridgehead atoms. The Morgan fingerprint density at radius 2 is 0.583 bits per heavy atom. The molecule has 21 heteroatoms. The van der Waals surface area contributed by atoms with Crippen LogP contribution >= 0.6 is 0 Å². The van der Waals surface area contributed by atoms with Gasteiger partial charge < -0.3 is 38.5 Å². The topological polar surface area (TPSA) is 269 Å². The van der Waals surface area contributed by atoms with E-state index < -0.39 is 11.9 Å². The molecule has 21 nitrogen and oxygen atoms in total. The number of nitrogens with one attached hydrogen (secondary N) is 1. The fourth-order valence-corrected chi connectivity index (χ4v) is 5.88. The van der Waals surface area contributed by atoms with Gasteiger partial charge in [0.15, 0.2) is 6.79 Å².